The average Bonchev–Trinajstić information content (AvgIpc) is 2.91. The maximum Gasteiger partial charge on any atom is 0.335 e. The van der Waals surface area contributed by atoms with E-state index in [1.165, 1.54) is 18.2 Å². The van der Waals surface area contributed by atoms with Crippen molar-refractivity contribution in [2.45, 2.75) is 37.0 Å². The first-order valence-electron chi connectivity index (χ1n) is 12.2. The Morgan fingerprint density at radius 2 is 1.63 bits per heavy atom. The van der Waals surface area contributed by atoms with E-state index in [0.717, 1.165) is 29.7 Å². The quantitative estimate of drug-likeness (QED) is 0.156. The first-order valence-corrected chi connectivity index (χ1v) is 13.8. The predicted molar refractivity (Wildman–Crippen MR) is 146 cm³/mol. The van der Waals surface area contributed by atoms with Crippen LogP contribution in [0.15, 0.2) is 77.7 Å². The zero-order chi connectivity index (χ0) is 27.5. The highest BCUT2D eigenvalue weighted by Gasteiger charge is 2.15. The molecule has 0 saturated heterocycles. The van der Waals surface area contributed by atoms with Crippen LogP contribution in [0.1, 0.15) is 63.1 Å². The summed E-state index contributed by atoms with van der Waals surface area (Å²) in [5.74, 6) is -1.89. The number of unbranched alkanes of at least 4 members (excludes halogenated alkanes) is 2. The van der Waals surface area contributed by atoms with Crippen LogP contribution in [0.3, 0.4) is 0 Å². The van der Waals surface area contributed by atoms with E-state index in [0.29, 0.717) is 23.5 Å². The van der Waals surface area contributed by atoms with Crippen LogP contribution in [0, 0.1) is 0 Å². The molecular formula is C30H30O7S. The van der Waals surface area contributed by atoms with Gasteiger partial charge in [0.2, 0.25) is 0 Å². The summed E-state index contributed by atoms with van der Waals surface area (Å²) in [6.07, 6.45) is 8.40. The van der Waals surface area contributed by atoms with Crippen LogP contribution in [0.25, 0.3) is 6.08 Å². The molecule has 3 rings (SSSR count). The third-order valence-corrected chi connectivity index (χ3v) is 6.78. The van der Waals surface area contributed by atoms with Gasteiger partial charge in [0.1, 0.15) is 12.0 Å². The molecule has 0 amide bonds. The molecule has 198 valence electrons. The first kappa shape index (κ1) is 28.7. The fraction of sp³-hybridized carbons (Fsp3) is 0.233. The van der Waals surface area contributed by atoms with Crippen molar-refractivity contribution in [1.29, 1.82) is 0 Å². The molecule has 3 aromatic rings. The van der Waals surface area contributed by atoms with E-state index < -0.39 is 23.1 Å². The van der Waals surface area contributed by atoms with Gasteiger partial charge in [-0.2, -0.15) is 0 Å². The van der Waals surface area contributed by atoms with Gasteiger partial charge in [-0.05, 0) is 90.5 Å². The molecule has 1 atom stereocenters. The van der Waals surface area contributed by atoms with Gasteiger partial charge in [-0.3, -0.25) is 9.59 Å². The summed E-state index contributed by atoms with van der Waals surface area (Å²) in [5.41, 5.74) is 2.26. The number of carboxylic acids is 2. The van der Waals surface area contributed by atoms with Gasteiger partial charge in [-0.15, -0.1) is 0 Å². The van der Waals surface area contributed by atoms with Gasteiger partial charge in [0.05, 0.1) is 12.2 Å². The van der Waals surface area contributed by atoms with E-state index in [-0.39, 0.29) is 29.8 Å². The highest BCUT2D eigenvalue weighted by molar-refractivity contribution is 7.90. The van der Waals surface area contributed by atoms with E-state index in [1.807, 2.05) is 30.3 Å². The number of carbonyl (C=O) groups excluding carboxylic acids is 1. The van der Waals surface area contributed by atoms with Crippen LogP contribution < -0.4 is 4.74 Å². The van der Waals surface area contributed by atoms with Crippen molar-refractivity contribution in [3.8, 4) is 5.75 Å². The van der Waals surface area contributed by atoms with Crippen LogP contribution in [-0.2, 0) is 22.4 Å². The van der Waals surface area contributed by atoms with Crippen LogP contribution in [0.5, 0.6) is 5.75 Å². The van der Waals surface area contributed by atoms with Crippen molar-refractivity contribution < 1.29 is 33.9 Å². The summed E-state index contributed by atoms with van der Waals surface area (Å²) >= 11 is -0.988. The number of hydrogen-bond donors (Lipinski definition) is 2. The summed E-state index contributed by atoms with van der Waals surface area (Å²) in [5, 5.41) is 18.3. The number of rotatable bonds is 14. The number of benzene rings is 3. The molecular weight excluding hydrogens is 504 g/mol. The minimum absolute atomic E-state index is 0.0174. The molecule has 0 aliphatic heterocycles. The second kappa shape index (κ2) is 14.2. The molecule has 0 aromatic heterocycles. The van der Waals surface area contributed by atoms with E-state index in [1.54, 1.807) is 30.5 Å². The molecule has 2 N–H and O–H groups in total. The zero-order valence-corrected chi connectivity index (χ0v) is 21.9. The van der Waals surface area contributed by atoms with Gasteiger partial charge in [0.25, 0.3) is 0 Å². The van der Waals surface area contributed by atoms with Gasteiger partial charge >= 0.3 is 11.9 Å². The van der Waals surface area contributed by atoms with E-state index in [2.05, 4.69) is 6.08 Å². The SMILES string of the molecule is C[S+]([O-])c1ccc(C=CCCCCOc2ccc(C(=O)c3cccc(C(=O)O)c3)cc2CCC(=O)O)cc1. The number of allylic oxidation sites excluding steroid dienone is 1. The van der Waals surface area contributed by atoms with Gasteiger partial charge in [-0.1, -0.05) is 36.4 Å². The maximum atomic E-state index is 13.0. The lowest BCUT2D eigenvalue weighted by Crippen LogP contribution is -2.07. The summed E-state index contributed by atoms with van der Waals surface area (Å²) < 4.78 is 17.4. The molecule has 0 aliphatic carbocycles. The van der Waals surface area contributed by atoms with Crippen LogP contribution in [0.4, 0.5) is 0 Å². The lowest BCUT2D eigenvalue weighted by atomic mass is 9.98. The number of carboxylic acid groups (broad SMARTS) is 2. The monoisotopic (exact) mass is 534 g/mol. The van der Waals surface area contributed by atoms with Crippen LogP contribution in [0.2, 0.25) is 0 Å². The predicted octanol–water partition coefficient (Wildman–Crippen LogP) is 5.63. The third kappa shape index (κ3) is 8.61. The number of aliphatic carboxylic acids is 1. The Labute approximate surface area is 225 Å². The molecule has 38 heavy (non-hydrogen) atoms. The standard InChI is InChI=1S/C30H30O7S/c1-38(36)26-14-10-21(11-15-26)7-4-2-3-5-18-37-27-16-12-24(19-22(27)13-17-28(31)32)29(33)23-8-6-9-25(20-23)30(34)35/h4,6-12,14-16,19-20H,2-3,5,13,17-18H2,1H3,(H,31,32)(H,34,35). The van der Waals surface area contributed by atoms with E-state index in [4.69, 9.17) is 9.84 Å². The molecule has 8 heteroatoms. The molecule has 1 unspecified atom stereocenters. The Bertz CT molecular complexity index is 1300. The summed E-state index contributed by atoms with van der Waals surface area (Å²) in [6.45, 7) is 0.443. The molecule has 0 aliphatic rings. The highest BCUT2D eigenvalue weighted by Crippen LogP contribution is 2.24. The van der Waals surface area contributed by atoms with E-state index >= 15 is 0 Å². The number of aryl methyl sites for hydroxylation is 1. The Hall–Kier alpha value is -3.88. The van der Waals surface area contributed by atoms with Crippen LogP contribution in [-0.4, -0.2) is 45.4 Å². The molecule has 0 fully saturated rings. The van der Waals surface area contributed by atoms with Crippen LogP contribution >= 0.6 is 0 Å². The second-order valence-corrected chi connectivity index (χ2v) is 10.1. The molecule has 0 heterocycles. The van der Waals surface area contributed by atoms with Gasteiger partial charge < -0.3 is 19.5 Å². The molecule has 7 nitrogen and oxygen atoms in total. The fourth-order valence-corrected chi connectivity index (χ4v) is 4.31. The lowest BCUT2D eigenvalue weighted by molar-refractivity contribution is -0.136. The molecule has 3 aromatic carbocycles. The van der Waals surface area contributed by atoms with Crippen molar-refractivity contribution in [3.63, 3.8) is 0 Å². The van der Waals surface area contributed by atoms with Crippen molar-refractivity contribution in [1.82, 2.24) is 0 Å². The molecule has 0 radical (unpaired) electrons. The van der Waals surface area contributed by atoms with Gasteiger partial charge in [0.15, 0.2) is 10.7 Å². The smallest absolute Gasteiger partial charge is 0.335 e. The highest BCUT2D eigenvalue weighted by atomic mass is 32.2. The van der Waals surface area contributed by atoms with E-state index in [9.17, 15) is 24.0 Å². The molecule has 0 saturated carbocycles. The number of aromatic carboxylic acids is 1. The number of ketones is 1. The normalized spacial score (nSPS) is 11.8. The minimum Gasteiger partial charge on any atom is -0.612 e. The number of carbonyl (C=O) groups is 3. The maximum absolute atomic E-state index is 13.0. The topological polar surface area (TPSA) is 124 Å². The van der Waals surface area contributed by atoms with Gasteiger partial charge in [0, 0.05) is 17.5 Å². The Balaban J connectivity index is 1.58. The Morgan fingerprint density at radius 3 is 2.32 bits per heavy atom. The van der Waals surface area contributed by atoms with Crippen molar-refractivity contribution >= 4 is 35.0 Å². The molecule has 0 bridgehead atoms. The minimum atomic E-state index is -1.12. The van der Waals surface area contributed by atoms with Crippen molar-refractivity contribution in [2.75, 3.05) is 12.9 Å². The average molecular weight is 535 g/mol. The number of ether oxygens (including phenoxy) is 1. The Kier molecular flexibility index (Phi) is 10.7. The Morgan fingerprint density at radius 1 is 0.921 bits per heavy atom. The van der Waals surface area contributed by atoms with Crippen molar-refractivity contribution in [2.24, 2.45) is 0 Å². The zero-order valence-electron chi connectivity index (χ0n) is 21.1. The summed E-state index contributed by atoms with van der Waals surface area (Å²) in [4.78, 5) is 36.2. The first-order chi connectivity index (χ1) is 18.2. The van der Waals surface area contributed by atoms with Gasteiger partial charge in [-0.25, -0.2) is 4.79 Å². The summed E-state index contributed by atoms with van der Waals surface area (Å²) in [6, 6.07) is 18.3. The summed E-state index contributed by atoms with van der Waals surface area (Å²) in [7, 11) is 0. The third-order valence-electron chi connectivity index (χ3n) is 5.85. The lowest BCUT2D eigenvalue weighted by Gasteiger charge is -2.13. The van der Waals surface area contributed by atoms with Crippen molar-refractivity contribution in [3.05, 3.63) is 101 Å². The largest absolute Gasteiger partial charge is 0.612 e. The fourth-order valence-electron chi connectivity index (χ4n) is 3.79. The number of hydrogen-bond acceptors (Lipinski definition) is 5. The molecule has 0 spiro atoms. The second-order valence-electron chi connectivity index (χ2n) is 8.70.